The average Bonchev–Trinajstić information content (AvgIpc) is 3.08. The summed E-state index contributed by atoms with van der Waals surface area (Å²) in [7, 11) is -2.58. The van der Waals surface area contributed by atoms with Crippen LogP contribution in [0, 0.1) is 0 Å². The Labute approximate surface area is 249 Å². The Morgan fingerprint density at radius 1 is 0.310 bits per heavy atom. The number of hydrogen-bond donors (Lipinski definition) is 0. The van der Waals surface area contributed by atoms with Gasteiger partial charge >= 0.3 is 0 Å². The van der Waals surface area contributed by atoms with Gasteiger partial charge in [-0.25, -0.2) is 0 Å². The monoisotopic (exact) mass is 553 g/mol. The van der Waals surface area contributed by atoms with Crippen LogP contribution in [0.1, 0.15) is 0 Å². The van der Waals surface area contributed by atoms with Gasteiger partial charge in [0, 0.05) is 16.8 Å². The first-order valence-corrected chi connectivity index (χ1v) is 16.5. The smallest absolute Gasteiger partial charge is 0.179 e. The molecule has 0 fully saturated rings. The SMILES string of the molecule is c1ccc(N(c2ccc([Si](c3ccccc3)(c3ccccc3)c3ccccc3)cc2)c2cccc3ccccc23)cc1. The Morgan fingerprint density at radius 2 is 0.714 bits per heavy atom. The molecule has 0 saturated carbocycles. The van der Waals surface area contributed by atoms with E-state index in [9.17, 15) is 0 Å². The summed E-state index contributed by atoms with van der Waals surface area (Å²) in [6.07, 6.45) is 0. The molecule has 7 aromatic rings. The molecule has 0 bridgehead atoms. The van der Waals surface area contributed by atoms with E-state index in [4.69, 9.17) is 0 Å². The first kappa shape index (κ1) is 25.8. The highest BCUT2D eigenvalue weighted by atomic mass is 28.3. The zero-order valence-electron chi connectivity index (χ0n) is 23.3. The molecule has 0 heterocycles. The maximum atomic E-state index is 2.38. The summed E-state index contributed by atoms with van der Waals surface area (Å²) in [5.74, 6) is 0. The molecule has 0 aliphatic heterocycles. The number of nitrogens with zero attached hydrogens (tertiary/aromatic N) is 1. The maximum Gasteiger partial charge on any atom is 0.179 e. The zero-order valence-corrected chi connectivity index (χ0v) is 24.3. The maximum absolute atomic E-state index is 2.58. The van der Waals surface area contributed by atoms with Gasteiger partial charge in [-0.2, -0.15) is 0 Å². The molecule has 7 aromatic carbocycles. The summed E-state index contributed by atoms with van der Waals surface area (Å²) in [6, 6.07) is 68.5. The van der Waals surface area contributed by atoms with Crippen LogP contribution in [-0.4, -0.2) is 8.07 Å². The van der Waals surface area contributed by atoms with Gasteiger partial charge in [0.15, 0.2) is 8.07 Å². The van der Waals surface area contributed by atoms with Crippen molar-refractivity contribution in [1.82, 2.24) is 0 Å². The number of anilines is 3. The van der Waals surface area contributed by atoms with Crippen LogP contribution in [0.25, 0.3) is 10.8 Å². The topological polar surface area (TPSA) is 3.24 Å². The van der Waals surface area contributed by atoms with Gasteiger partial charge < -0.3 is 4.90 Å². The molecule has 0 spiro atoms. The molecule has 200 valence electrons. The summed E-state index contributed by atoms with van der Waals surface area (Å²) in [4.78, 5) is 2.38. The minimum atomic E-state index is -2.58. The standard InChI is InChI=1S/C40H31NSi/c1-5-18-33(19-6-1)41(40-27-15-17-32-16-13-14-26-39(32)40)34-28-30-38(31-29-34)42(35-20-7-2-8-21-35,36-22-9-3-10-23-36)37-24-11-4-12-25-37/h1-31H. The Bertz CT molecular complexity index is 1800. The van der Waals surface area contributed by atoms with E-state index in [-0.39, 0.29) is 0 Å². The lowest BCUT2D eigenvalue weighted by Gasteiger charge is -2.35. The number of fused-ring (bicyclic) bond motifs is 1. The van der Waals surface area contributed by atoms with E-state index >= 15 is 0 Å². The molecule has 0 saturated heterocycles. The molecule has 0 radical (unpaired) electrons. The molecule has 7 rings (SSSR count). The molecule has 42 heavy (non-hydrogen) atoms. The van der Waals surface area contributed by atoms with E-state index in [1.54, 1.807) is 0 Å². The van der Waals surface area contributed by atoms with E-state index in [1.165, 1.54) is 37.2 Å². The first-order chi connectivity index (χ1) is 20.9. The van der Waals surface area contributed by atoms with Crippen LogP contribution in [0.3, 0.4) is 0 Å². The first-order valence-electron chi connectivity index (χ1n) is 14.5. The Morgan fingerprint density at radius 3 is 1.26 bits per heavy atom. The highest BCUT2D eigenvalue weighted by molar-refractivity contribution is 7.19. The van der Waals surface area contributed by atoms with E-state index in [0.717, 1.165) is 11.4 Å². The van der Waals surface area contributed by atoms with Crippen LogP contribution in [0.5, 0.6) is 0 Å². The predicted molar refractivity (Wildman–Crippen MR) is 182 cm³/mol. The highest BCUT2D eigenvalue weighted by Gasteiger charge is 2.41. The molecule has 2 heteroatoms. The summed E-state index contributed by atoms with van der Waals surface area (Å²) in [5.41, 5.74) is 3.45. The van der Waals surface area contributed by atoms with Crippen molar-refractivity contribution in [3.63, 3.8) is 0 Å². The predicted octanol–water partition coefficient (Wildman–Crippen LogP) is 7.69. The van der Waals surface area contributed by atoms with E-state index in [2.05, 4.69) is 193 Å². The third-order valence-electron chi connectivity index (χ3n) is 8.20. The van der Waals surface area contributed by atoms with Gasteiger partial charge in [-0.3, -0.25) is 0 Å². The van der Waals surface area contributed by atoms with E-state index < -0.39 is 8.07 Å². The number of para-hydroxylation sites is 1. The minimum absolute atomic E-state index is 1.14. The van der Waals surface area contributed by atoms with Gasteiger partial charge in [-0.1, -0.05) is 158 Å². The number of hydrogen-bond acceptors (Lipinski definition) is 1. The van der Waals surface area contributed by atoms with Gasteiger partial charge in [0.1, 0.15) is 0 Å². The summed E-state index contributed by atoms with van der Waals surface area (Å²) < 4.78 is 0. The van der Waals surface area contributed by atoms with E-state index in [0.29, 0.717) is 0 Å². The molecule has 0 aromatic heterocycles. The van der Waals surface area contributed by atoms with Crippen LogP contribution in [0.4, 0.5) is 17.1 Å². The molecule has 0 atom stereocenters. The highest BCUT2D eigenvalue weighted by Crippen LogP contribution is 2.38. The molecule has 0 amide bonds. The van der Waals surface area contributed by atoms with Crippen molar-refractivity contribution in [2.45, 2.75) is 0 Å². The van der Waals surface area contributed by atoms with Crippen molar-refractivity contribution in [3.8, 4) is 0 Å². The molecule has 0 aliphatic carbocycles. The third kappa shape index (κ3) is 4.52. The van der Waals surface area contributed by atoms with Gasteiger partial charge in [-0.05, 0) is 56.5 Å². The molecule has 0 aliphatic rings. The minimum Gasteiger partial charge on any atom is -0.310 e. The quantitative estimate of drug-likeness (QED) is 0.145. The van der Waals surface area contributed by atoms with Gasteiger partial charge in [0.05, 0.1) is 5.69 Å². The fraction of sp³-hybridized carbons (Fsp3) is 0. The second kappa shape index (κ2) is 11.4. The van der Waals surface area contributed by atoms with Crippen molar-refractivity contribution in [2.75, 3.05) is 4.90 Å². The zero-order chi connectivity index (χ0) is 28.2. The van der Waals surface area contributed by atoms with Crippen molar-refractivity contribution in [3.05, 3.63) is 188 Å². The lowest BCUT2D eigenvalue weighted by molar-refractivity contribution is 1.30. The van der Waals surface area contributed by atoms with Crippen molar-refractivity contribution < 1.29 is 0 Å². The summed E-state index contributed by atoms with van der Waals surface area (Å²) >= 11 is 0. The third-order valence-corrected chi connectivity index (χ3v) is 13.0. The average molecular weight is 554 g/mol. The van der Waals surface area contributed by atoms with Crippen molar-refractivity contribution >= 4 is 56.7 Å². The number of rotatable bonds is 7. The molecule has 1 nitrogen and oxygen atoms in total. The molecular weight excluding hydrogens is 523 g/mol. The van der Waals surface area contributed by atoms with Crippen LogP contribution in [-0.2, 0) is 0 Å². The summed E-state index contributed by atoms with van der Waals surface area (Å²) in [6.45, 7) is 0. The normalized spacial score (nSPS) is 11.3. The molecule has 0 N–H and O–H groups in total. The molecular formula is C40H31NSi. The van der Waals surface area contributed by atoms with E-state index in [1.807, 2.05) is 0 Å². The Balaban J connectivity index is 1.45. The van der Waals surface area contributed by atoms with Crippen LogP contribution in [0.2, 0.25) is 0 Å². The van der Waals surface area contributed by atoms with Gasteiger partial charge in [0.2, 0.25) is 0 Å². The van der Waals surface area contributed by atoms with Gasteiger partial charge in [-0.15, -0.1) is 0 Å². The van der Waals surface area contributed by atoms with Crippen LogP contribution in [0.15, 0.2) is 188 Å². The second-order valence-corrected chi connectivity index (χ2v) is 14.4. The largest absolute Gasteiger partial charge is 0.310 e. The fourth-order valence-electron chi connectivity index (χ4n) is 6.33. The Hall–Kier alpha value is -5.18. The second-order valence-electron chi connectivity index (χ2n) is 10.6. The lowest BCUT2D eigenvalue weighted by atomic mass is 10.1. The summed E-state index contributed by atoms with van der Waals surface area (Å²) in [5, 5.41) is 7.96. The fourth-order valence-corrected chi connectivity index (χ4v) is 11.1. The van der Waals surface area contributed by atoms with Crippen LogP contribution < -0.4 is 25.6 Å². The number of benzene rings is 7. The van der Waals surface area contributed by atoms with Gasteiger partial charge in [0.25, 0.3) is 0 Å². The van der Waals surface area contributed by atoms with Crippen molar-refractivity contribution in [2.24, 2.45) is 0 Å². The Kier molecular flexibility index (Phi) is 6.97. The van der Waals surface area contributed by atoms with Crippen molar-refractivity contribution in [1.29, 1.82) is 0 Å². The lowest BCUT2D eigenvalue weighted by Crippen LogP contribution is -2.74. The molecule has 0 unspecified atom stereocenters. The van der Waals surface area contributed by atoms with Crippen LogP contribution >= 0.6 is 0 Å².